The highest BCUT2D eigenvalue weighted by Crippen LogP contribution is 2.53. The third-order valence-electron chi connectivity index (χ3n) is 5.25. The maximum Gasteiger partial charge on any atom is 0.410 e. The highest BCUT2D eigenvalue weighted by molar-refractivity contribution is 5.79. The zero-order valence-electron chi connectivity index (χ0n) is 16.7. The molecule has 3 rings (SSSR count). The van der Waals surface area contributed by atoms with Crippen LogP contribution in [0.25, 0.3) is 0 Å². The van der Waals surface area contributed by atoms with Gasteiger partial charge in [-0.05, 0) is 51.0 Å². The first-order chi connectivity index (χ1) is 12.7. The average Bonchev–Trinajstić information content (AvgIpc) is 3.48. The normalized spacial score (nSPS) is 22.7. The van der Waals surface area contributed by atoms with Crippen LogP contribution >= 0.6 is 0 Å². The van der Waals surface area contributed by atoms with E-state index in [1.54, 1.807) is 0 Å². The Morgan fingerprint density at radius 3 is 2.52 bits per heavy atom. The van der Waals surface area contributed by atoms with E-state index in [2.05, 4.69) is 17.6 Å². The van der Waals surface area contributed by atoms with Gasteiger partial charge in [-0.1, -0.05) is 30.3 Å². The van der Waals surface area contributed by atoms with Gasteiger partial charge < -0.3 is 9.64 Å². The molecule has 1 amide bonds. The molecule has 1 aromatic rings. The van der Waals surface area contributed by atoms with E-state index in [9.17, 15) is 4.79 Å². The van der Waals surface area contributed by atoms with Crippen molar-refractivity contribution in [3.8, 4) is 0 Å². The number of hydrogen-bond acceptors (Lipinski definition) is 4. The summed E-state index contributed by atoms with van der Waals surface area (Å²) in [6.07, 6.45) is 3.34. The van der Waals surface area contributed by atoms with Crippen molar-refractivity contribution < 1.29 is 14.4 Å². The van der Waals surface area contributed by atoms with E-state index in [1.165, 1.54) is 12.7 Å². The van der Waals surface area contributed by atoms with Crippen molar-refractivity contribution in [1.29, 1.82) is 5.41 Å². The Kier molecular flexibility index (Phi) is 5.47. The zero-order chi connectivity index (χ0) is 19.7. The van der Waals surface area contributed by atoms with Crippen LogP contribution in [0, 0.1) is 10.8 Å². The van der Waals surface area contributed by atoms with E-state index in [4.69, 9.17) is 15.0 Å². The van der Waals surface area contributed by atoms with Crippen molar-refractivity contribution in [3.05, 3.63) is 35.9 Å². The third-order valence-corrected chi connectivity index (χ3v) is 5.25. The van der Waals surface area contributed by atoms with E-state index >= 15 is 0 Å². The lowest BCUT2D eigenvalue weighted by atomic mass is 10.0. The van der Waals surface area contributed by atoms with E-state index in [0.717, 1.165) is 19.3 Å². The lowest BCUT2D eigenvalue weighted by Gasteiger charge is -2.31. The van der Waals surface area contributed by atoms with Crippen molar-refractivity contribution in [2.75, 3.05) is 13.7 Å². The Morgan fingerprint density at radius 2 is 1.96 bits per heavy atom. The van der Waals surface area contributed by atoms with Gasteiger partial charge in [-0.3, -0.25) is 15.7 Å². The van der Waals surface area contributed by atoms with E-state index in [0.29, 0.717) is 24.7 Å². The summed E-state index contributed by atoms with van der Waals surface area (Å²) in [7, 11) is 1.51. The molecular formula is C21H31N3O3. The summed E-state index contributed by atoms with van der Waals surface area (Å²) in [5, 5.41) is 8.01. The number of carbonyl (C=O) groups excluding carboxylic acids is 1. The molecule has 0 spiro atoms. The third kappa shape index (κ3) is 5.22. The number of amidine groups is 1. The molecule has 1 aromatic carbocycles. The molecule has 2 saturated carbocycles. The second-order valence-corrected chi connectivity index (χ2v) is 8.89. The van der Waals surface area contributed by atoms with Gasteiger partial charge in [0.1, 0.15) is 11.4 Å². The molecule has 27 heavy (non-hydrogen) atoms. The second-order valence-electron chi connectivity index (χ2n) is 8.89. The minimum Gasteiger partial charge on any atom is -0.444 e. The number of ether oxygens (including phenoxy) is 1. The Labute approximate surface area is 161 Å². The number of hydroxylamine groups is 1. The van der Waals surface area contributed by atoms with E-state index in [1.807, 2.05) is 43.9 Å². The molecule has 0 heterocycles. The molecule has 0 aliphatic heterocycles. The topological polar surface area (TPSA) is 74.7 Å². The quantitative estimate of drug-likeness (QED) is 0.429. The van der Waals surface area contributed by atoms with E-state index < -0.39 is 5.60 Å². The highest BCUT2D eigenvalue weighted by atomic mass is 16.6. The molecule has 148 valence electrons. The lowest BCUT2D eigenvalue weighted by Crippen LogP contribution is -2.43. The van der Waals surface area contributed by atoms with E-state index in [-0.39, 0.29) is 17.6 Å². The molecule has 2 N–H and O–H groups in total. The minimum absolute atomic E-state index is 0.0383. The van der Waals surface area contributed by atoms with Crippen LogP contribution in [0.5, 0.6) is 0 Å². The number of nitrogens with zero attached hydrogens (tertiary/aromatic N) is 1. The molecule has 0 radical (unpaired) electrons. The largest absolute Gasteiger partial charge is 0.444 e. The fraction of sp³-hybridized carbons (Fsp3) is 0.619. The van der Waals surface area contributed by atoms with Gasteiger partial charge in [0.2, 0.25) is 0 Å². The van der Waals surface area contributed by atoms with Crippen LogP contribution in [0.4, 0.5) is 4.79 Å². The van der Waals surface area contributed by atoms with Gasteiger partial charge in [-0.25, -0.2) is 4.79 Å². The summed E-state index contributed by atoms with van der Waals surface area (Å²) >= 11 is 0. The number of benzene rings is 1. The summed E-state index contributed by atoms with van der Waals surface area (Å²) < 4.78 is 5.70. The van der Waals surface area contributed by atoms with Gasteiger partial charge in [0.15, 0.2) is 0 Å². The fourth-order valence-electron chi connectivity index (χ4n) is 3.69. The van der Waals surface area contributed by atoms with Crippen molar-refractivity contribution >= 4 is 11.9 Å². The molecule has 2 aliphatic carbocycles. The van der Waals surface area contributed by atoms with Crippen molar-refractivity contribution in [2.24, 2.45) is 5.41 Å². The standard InChI is InChI=1S/C21H31N3O3/c1-20(2,3)27-19(25)24(14-21(10-11-21)13-18(22)23-26-4)17-12-16(17)15-8-6-5-7-9-15/h5-9,16-17H,10-14H2,1-4H3,(H2,22,23)/t16-,17+/m0/s1. The summed E-state index contributed by atoms with van der Waals surface area (Å²) in [5.74, 6) is 0.723. The Morgan fingerprint density at radius 1 is 1.30 bits per heavy atom. The molecular weight excluding hydrogens is 342 g/mol. The van der Waals surface area contributed by atoms with Crippen LogP contribution in [0.2, 0.25) is 0 Å². The number of rotatable bonds is 7. The summed E-state index contributed by atoms with van der Waals surface area (Å²) in [5.41, 5.74) is 3.32. The molecule has 6 nitrogen and oxygen atoms in total. The van der Waals surface area contributed by atoms with Crippen molar-refractivity contribution in [3.63, 3.8) is 0 Å². The Hall–Kier alpha value is -2.08. The SMILES string of the molecule is CONC(=N)CC1(CN(C(=O)OC(C)(C)C)[C@@H]2C[C@H]2c2ccccc2)CC1. The molecule has 0 saturated heterocycles. The molecule has 0 unspecified atom stereocenters. The molecule has 0 bridgehead atoms. The van der Waals surface area contributed by atoms with Crippen LogP contribution in [-0.2, 0) is 9.57 Å². The Bertz CT molecular complexity index is 680. The monoisotopic (exact) mass is 373 g/mol. The number of carbonyl (C=O) groups is 1. The molecule has 2 aliphatic rings. The number of hydrogen-bond donors (Lipinski definition) is 2. The van der Waals surface area contributed by atoms with Gasteiger partial charge in [-0.2, -0.15) is 0 Å². The van der Waals surface area contributed by atoms with Crippen LogP contribution in [0.3, 0.4) is 0 Å². The van der Waals surface area contributed by atoms with Crippen LogP contribution in [-0.4, -0.2) is 42.1 Å². The van der Waals surface area contributed by atoms with Gasteiger partial charge in [0.05, 0.1) is 7.11 Å². The summed E-state index contributed by atoms with van der Waals surface area (Å²) in [4.78, 5) is 19.7. The fourth-order valence-corrected chi connectivity index (χ4v) is 3.69. The average molecular weight is 373 g/mol. The van der Waals surface area contributed by atoms with Crippen LogP contribution < -0.4 is 5.48 Å². The van der Waals surface area contributed by atoms with Gasteiger partial charge in [0, 0.05) is 24.9 Å². The molecule has 2 atom stereocenters. The Balaban J connectivity index is 1.71. The zero-order valence-corrected chi connectivity index (χ0v) is 16.7. The molecule has 2 fully saturated rings. The minimum atomic E-state index is -0.520. The van der Waals surface area contributed by atoms with Crippen LogP contribution in [0.1, 0.15) is 57.9 Å². The van der Waals surface area contributed by atoms with Crippen molar-refractivity contribution in [1.82, 2.24) is 10.4 Å². The second kappa shape index (κ2) is 7.50. The predicted molar refractivity (Wildman–Crippen MR) is 105 cm³/mol. The predicted octanol–water partition coefficient (Wildman–Crippen LogP) is 4.08. The van der Waals surface area contributed by atoms with Gasteiger partial charge >= 0.3 is 6.09 Å². The first-order valence-electron chi connectivity index (χ1n) is 9.64. The molecule has 0 aromatic heterocycles. The number of amides is 1. The lowest BCUT2D eigenvalue weighted by molar-refractivity contribution is 0.0188. The van der Waals surface area contributed by atoms with Crippen LogP contribution in [0.15, 0.2) is 30.3 Å². The smallest absolute Gasteiger partial charge is 0.410 e. The summed E-state index contributed by atoms with van der Waals surface area (Å²) in [6.45, 7) is 6.32. The van der Waals surface area contributed by atoms with Gasteiger partial charge in [-0.15, -0.1) is 0 Å². The maximum absolute atomic E-state index is 12.9. The van der Waals surface area contributed by atoms with Gasteiger partial charge in [0.25, 0.3) is 0 Å². The maximum atomic E-state index is 12.9. The van der Waals surface area contributed by atoms with Crippen molar-refractivity contribution in [2.45, 2.75) is 64.0 Å². The summed E-state index contributed by atoms with van der Waals surface area (Å²) in [6, 6.07) is 10.5. The first kappa shape index (κ1) is 19.7. The number of nitrogens with one attached hydrogen (secondary N) is 2. The molecule has 6 heteroatoms. The first-order valence-corrected chi connectivity index (χ1v) is 9.64. The highest BCUT2D eigenvalue weighted by Gasteiger charge is 2.52.